The zero-order valence-corrected chi connectivity index (χ0v) is 14.6. The predicted molar refractivity (Wildman–Crippen MR) is 84.4 cm³/mol. The summed E-state index contributed by atoms with van der Waals surface area (Å²) < 4.78 is 33.8. The van der Waals surface area contributed by atoms with Gasteiger partial charge in [0.15, 0.2) is 0 Å². The average Bonchev–Trinajstić information content (AvgIpc) is 2.86. The van der Waals surface area contributed by atoms with E-state index in [0.29, 0.717) is 32.5 Å². The molecule has 0 radical (unpaired) electrons. The van der Waals surface area contributed by atoms with Crippen molar-refractivity contribution >= 4 is 16.2 Å². The molecule has 0 aromatic rings. The number of rotatable bonds is 3. The molecule has 1 atom stereocenters. The van der Waals surface area contributed by atoms with Crippen LogP contribution in [-0.4, -0.2) is 54.3 Å². The van der Waals surface area contributed by atoms with Crippen LogP contribution < -0.4 is 0 Å². The fourth-order valence-electron chi connectivity index (χ4n) is 2.84. The molecule has 22 heavy (non-hydrogen) atoms. The van der Waals surface area contributed by atoms with Crippen molar-refractivity contribution in [2.75, 3.05) is 19.6 Å². The molecular weight excluding hydrogens is 304 g/mol. The molecule has 2 aliphatic rings. The molecule has 0 aromatic heterocycles. The largest absolute Gasteiger partial charge is 0.459 e. The topological polar surface area (TPSA) is 66.9 Å². The average molecular weight is 330 g/mol. The number of carbonyl (C=O) groups is 1. The molecule has 0 saturated carbocycles. The maximum absolute atomic E-state index is 12.8. The van der Waals surface area contributed by atoms with Crippen molar-refractivity contribution in [3.05, 3.63) is 11.6 Å². The van der Waals surface area contributed by atoms with Crippen LogP contribution in [0, 0.1) is 0 Å². The molecule has 126 valence electrons. The van der Waals surface area contributed by atoms with Gasteiger partial charge in [-0.1, -0.05) is 11.6 Å². The third-order valence-electron chi connectivity index (χ3n) is 3.80. The molecular formula is C15H26N2O4S. The molecule has 0 aliphatic carbocycles. The van der Waals surface area contributed by atoms with E-state index in [2.05, 4.69) is 6.08 Å². The van der Waals surface area contributed by atoms with Crippen molar-refractivity contribution < 1.29 is 17.9 Å². The van der Waals surface area contributed by atoms with Gasteiger partial charge in [0.25, 0.3) is 10.2 Å². The number of ether oxygens (including phenoxy) is 1. The van der Waals surface area contributed by atoms with E-state index in [1.807, 2.05) is 6.92 Å². The van der Waals surface area contributed by atoms with Crippen LogP contribution in [0.4, 0.5) is 0 Å². The highest BCUT2D eigenvalue weighted by molar-refractivity contribution is 7.86. The first-order valence-corrected chi connectivity index (χ1v) is 9.16. The van der Waals surface area contributed by atoms with E-state index < -0.39 is 27.8 Å². The second-order valence-corrected chi connectivity index (χ2v) is 8.86. The third kappa shape index (κ3) is 3.88. The van der Waals surface area contributed by atoms with Crippen LogP contribution in [0.2, 0.25) is 0 Å². The lowest BCUT2D eigenvalue weighted by Crippen LogP contribution is -2.50. The van der Waals surface area contributed by atoms with Crippen LogP contribution in [0.15, 0.2) is 11.6 Å². The highest BCUT2D eigenvalue weighted by Gasteiger charge is 2.43. The predicted octanol–water partition coefficient (Wildman–Crippen LogP) is 1.69. The number of hydrogen-bond acceptors (Lipinski definition) is 4. The van der Waals surface area contributed by atoms with Crippen LogP contribution in [0.1, 0.15) is 47.0 Å². The summed E-state index contributed by atoms with van der Waals surface area (Å²) in [6, 6.07) is -0.699. The SMILES string of the molecule is CC1=CCCN(S(=O)(=O)N2CCC[C@H]2C(=O)OC(C)(C)C)C1. The van der Waals surface area contributed by atoms with E-state index in [-0.39, 0.29) is 0 Å². The third-order valence-corrected chi connectivity index (χ3v) is 5.80. The standard InChI is InChI=1S/C15H26N2O4S/c1-12-7-5-9-16(11-12)22(19,20)17-10-6-8-13(17)14(18)21-15(2,3)4/h7,13H,5-6,8-11H2,1-4H3/t13-/m0/s1. The molecule has 7 heteroatoms. The van der Waals surface area contributed by atoms with Gasteiger partial charge in [-0.25, -0.2) is 0 Å². The van der Waals surface area contributed by atoms with Crippen molar-refractivity contribution in [2.45, 2.75) is 58.6 Å². The Morgan fingerprint density at radius 3 is 2.59 bits per heavy atom. The van der Waals surface area contributed by atoms with Crippen molar-refractivity contribution in [3.8, 4) is 0 Å². The summed E-state index contributed by atoms with van der Waals surface area (Å²) in [6.07, 6.45) is 3.99. The van der Waals surface area contributed by atoms with Gasteiger partial charge >= 0.3 is 5.97 Å². The highest BCUT2D eigenvalue weighted by atomic mass is 32.2. The van der Waals surface area contributed by atoms with Crippen LogP contribution in [0.5, 0.6) is 0 Å². The zero-order valence-electron chi connectivity index (χ0n) is 13.8. The number of esters is 1. The molecule has 0 N–H and O–H groups in total. The van der Waals surface area contributed by atoms with Crippen LogP contribution >= 0.6 is 0 Å². The molecule has 1 fully saturated rings. The van der Waals surface area contributed by atoms with E-state index in [4.69, 9.17) is 4.74 Å². The lowest BCUT2D eigenvalue weighted by Gasteiger charge is -2.32. The monoisotopic (exact) mass is 330 g/mol. The summed E-state index contributed by atoms with van der Waals surface area (Å²) in [7, 11) is -3.62. The first-order chi connectivity index (χ1) is 10.1. The minimum atomic E-state index is -3.62. The molecule has 2 aliphatic heterocycles. The van der Waals surface area contributed by atoms with Crippen molar-refractivity contribution in [1.29, 1.82) is 0 Å². The summed E-state index contributed by atoms with van der Waals surface area (Å²) >= 11 is 0. The van der Waals surface area contributed by atoms with E-state index >= 15 is 0 Å². The maximum atomic E-state index is 12.8. The molecule has 2 heterocycles. The zero-order chi connectivity index (χ0) is 16.5. The normalized spacial score (nSPS) is 25.1. The quantitative estimate of drug-likeness (QED) is 0.583. The minimum absolute atomic E-state index is 0.380. The Kier molecular flexibility index (Phi) is 4.99. The summed E-state index contributed by atoms with van der Waals surface area (Å²) in [5.74, 6) is -0.446. The fourth-order valence-corrected chi connectivity index (χ4v) is 4.72. The van der Waals surface area contributed by atoms with Gasteiger partial charge in [-0.15, -0.1) is 0 Å². The van der Waals surface area contributed by atoms with Gasteiger partial charge in [-0.05, 0) is 47.0 Å². The molecule has 0 aromatic carbocycles. The second-order valence-electron chi connectivity index (χ2n) is 6.98. The Morgan fingerprint density at radius 2 is 2.00 bits per heavy atom. The van der Waals surface area contributed by atoms with Crippen LogP contribution in [0.25, 0.3) is 0 Å². The Balaban J connectivity index is 2.15. The molecule has 2 rings (SSSR count). The van der Waals surface area contributed by atoms with Gasteiger partial charge in [-0.2, -0.15) is 17.0 Å². The minimum Gasteiger partial charge on any atom is -0.459 e. The fraction of sp³-hybridized carbons (Fsp3) is 0.800. The van der Waals surface area contributed by atoms with Crippen molar-refractivity contribution in [1.82, 2.24) is 8.61 Å². The summed E-state index contributed by atoms with van der Waals surface area (Å²) in [5, 5.41) is 0. The van der Waals surface area contributed by atoms with E-state index in [9.17, 15) is 13.2 Å². The van der Waals surface area contributed by atoms with Gasteiger partial charge in [0.1, 0.15) is 11.6 Å². The number of carbonyl (C=O) groups excluding carboxylic acids is 1. The van der Waals surface area contributed by atoms with Gasteiger partial charge < -0.3 is 4.74 Å². The van der Waals surface area contributed by atoms with E-state index in [1.54, 1.807) is 20.8 Å². The van der Waals surface area contributed by atoms with Gasteiger partial charge in [0, 0.05) is 19.6 Å². The Hall–Kier alpha value is -0.920. The summed E-state index contributed by atoms with van der Waals surface area (Å²) in [5.41, 5.74) is 0.433. The Morgan fingerprint density at radius 1 is 1.32 bits per heavy atom. The molecule has 6 nitrogen and oxygen atoms in total. The van der Waals surface area contributed by atoms with Crippen LogP contribution in [-0.2, 0) is 19.7 Å². The van der Waals surface area contributed by atoms with Gasteiger partial charge in [-0.3, -0.25) is 4.79 Å². The smallest absolute Gasteiger partial charge is 0.325 e. The first-order valence-electron chi connectivity index (χ1n) is 7.77. The second kappa shape index (κ2) is 6.29. The lowest BCUT2D eigenvalue weighted by molar-refractivity contribution is -0.158. The first kappa shape index (κ1) is 17.4. The summed E-state index contributed by atoms with van der Waals surface area (Å²) in [4.78, 5) is 12.3. The molecule has 0 bridgehead atoms. The molecule has 0 unspecified atom stereocenters. The molecule has 0 amide bonds. The highest BCUT2D eigenvalue weighted by Crippen LogP contribution is 2.27. The molecule has 0 spiro atoms. The van der Waals surface area contributed by atoms with E-state index in [1.165, 1.54) is 8.61 Å². The van der Waals surface area contributed by atoms with Crippen molar-refractivity contribution in [2.24, 2.45) is 0 Å². The maximum Gasteiger partial charge on any atom is 0.325 e. The number of nitrogens with zero attached hydrogens (tertiary/aromatic N) is 2. The lowest BCUT2D eigenvalue weighted by atomic mass is 10.2. The number of hydrogen-bond donors (Lipinski definition) is 0. The van der Waals surface area contributed by atoms with E-state index in [0.717, 1.165) is 12.0 Å². The van der Waals surface area contributed by atoms with Crippen molar-refractivity contribution in [3.63, 3.8) is 0 Å². The Labute approximate surface area is 133 Å². The van der Waals surface area contributed by atoms with Gasteiger partial charge in [0.05, 0.1) is 0 Å². The summed E-state index contributed by atoms with van der Waals surface area (Å²) in [6.45, 7) is 8.55. The Bertz CT molecular complexity index is 563. The van der Waals surface area contributed by atoms with Crippen LogP contribution in [0.3, 0.4) is 0 Å². The molecule has 1 saturated heterocycles. The van der Waals surface area contributed by atoms with Gasteiger partial charge in [0.2, 0.25) is 0 Å².